The molecule has 1 aliphatic carbocycles. The van der Waals surface area contributed by atoms with Crippen molar-refractivity contribution in [1.82, 2.24) is 0 Å². The number of benzene rings is 3. The molecule has 5 rings (SSSR count). The maximum Gasteiger partial charge on any atom is 0.488 e. The maximum atomic E-state index is 13.7. The number of carbonyl (C=O) groups excluding carboxylic acids is 2. The van der Waals surface area contributed by atoms with Crippen molar-refractivity contribution in [3.8, 4) is 5.75 Å². The van der Waals surface area contributed by atoms with Gasteiger partial charge in [-0.2, -0.15) is 0 Å². The zero-order valence-corrected chi connectivity index (χ0v) is 23.8. The monoisotopic (exact) mass is 569 g/mol. The lowest BCUT2D eigenvalue weighted by molar-refractivity contribution is -0.123. The topological polar surface area (TPSA) is 139 Å². The lowest BCUT2D eigenvalue weighted by Crippen LogP contribution is -2.39. The van der Waals surface area contributed by atoms with E-state index in [9.17, 15) is 35.0 Å². The smallest absolute Gasteiger partial charge is 0.488 e. The summed E-state index contributed by atoms with van der Waals surface area (Å²) in [5, 5.41) is 53.0. The zero-order valence-electron chi connectivity index (χ0n) is 23.8. The number of aromatic hydroxyl groups is 1. The van der Waals surface area contributed by atoms with Crippen LogP contribution >= 0.6 is 0 Å². The van der Waals surface area contributed by atoms with Gasteiger partial charge in [0.1, 0.15) is 5.75 Å². The first-order valence-electron chi connectivity index (χ1n) is 14.4. The number of anilines is 1. The van der Waals surface area contributed by atoms with Crippen molar-refractivity contribution in [3.05, 3.63) is 82.9 Å². The first kappa shape index (κ1) is 29.7. The summed E-state index contributed by atoms with van der Waals surface area (Å²) in [5.41, 5.74) is 3.92. The van der Waals surface area contributed by atoms with Crippen LogP contribution in [-0.2, 0) is 9.59 Å². The van der Waals surface area contributed by atoms with Crippen LogP contribution in [0.25, 0.3) is 16.8 Å². The van der Waals surface area contributed by atoms with E-state index in [0.717, 1.165) is 38.8 Å². The summed E-state index contributed by atoms with van der Waals surface area (Å²) < 4.78 is 0. The standard InChI is InChI=1S/C33H36BNO7/c1-3-20(16-21-12-14-28(37)25-10-5-4-9-24(21)25)11-13-29(38)30-19(2)15-26-31(27(30)18-36)33(40)35(32(26)39)23-8-6-7-22(17-23)34(41)42/h4-10,12,14,16-17,26-27,29,31,36-38,41-42H,3,11,13,15,18H2,1-2H3/b20-16+/t26-,27+,29-,31-/m1/s1. The highest BCUT2D eigenvalue weighted by atomic mass is 16.4. The van der Waals surface area contributed by atoms with E-state index in [-0.39, 0.29) is 23.5 Å². The second-order valence-corrected chi connectivity index (χ2v) is 11.3. The normalized spacial score (nSPS) is 21.7. The number of imide groups is 1. The lowest BCUT2D eigenvalue weighted by atomic mass is 9.68. The third kappa shape index (κ3) is 5.41. The SMILES string of the molecule is CC/C(=C\c1ccc(O)c2ccccc12)CC[C@@H](O)C1=C(C)C[C@H]2C(=O)N(c3cccc(B(O)O)c3)C(=O)[C@H]2[C@H]1CO. The van der Waals surface area contributed by atoms with E-state index in [4.69, 9.17) is 0 Å². The van der Waals surface area contributed by atoms with Gasteiger partial charge in [-0.25, -0.2) is 0 Å². The molecular formula is C33H36BNO7. The van der Waals surface area contributed by atoms with Crippen LogP contribution in [0.15, 0.2) is 77.4 Å². The fourth-order valence-corrected chi connectivity index (χ4v) is 6.68. The molecule has 1 aliphatic heterocycles. The van der Waals surface area contributed by atoms with Crippen LogP contribution in [0.1, 0.15) is 45.1 Å². The minimum absolute atomic E-state index is 0.159. The molecule has 0 aromatic heterocycles. The van der Waals surface area contributed by atoms with Gasteiger partial charge in [0.15, 0.2) is 0 Å². The van der Waals surface area contributed by atoms with E-state index >= 15 is 0 Å². The Morgan fingerprint density at radius 2 is 1.79 bits per heavy atom. The molecular weight excluding hydrogens is 533 g/mol. The molecule has 0 spiro atoms. The van der Waals surface area contributed by atoms with Gasteiger partial charge in [0, 0.05) is 11.3 Å². The molecule has 4 atom stereocenters. The van der Waals surface area contributed by atoms with Crippen molar-refractivity contribution < 1.29 is 35.0 Å². The van der Waals surface area contributed by atoms with Gasteiger partial charge in [-0.1, -0.05) is 66.6 Å². The van der Waals surface area contributed by atoms with Crippen molar-refractivity contribution in [2.45, 2.75) is 45.6 Å². The van der Waals surface area contributed by atoms with E-state index in [1.807, 2.05) is 37.3 Å². The number of hydrogen-bond donors (Lipinski definition) is 5. The van der Waals surface area contributed by atoms with Gasteiger partial charge in [0.2, 0.25) is 11.8 Å². The van der Waals surface area contributed by atoms with E-state index in [2.05, 4.69) is 13.0 Å². The summed E-state index contributed by atoms with van der Waals surface area (Å²) in [6.07, 6.45) is 3.22. The molecule has 2 amide bonds. The van der Waals surface area contributed by atoms with Gasteiger partial charge in [0.25, 0.3) is 0 Å². The number of aliphatic hydroxyl groups excluding tert-OH is 2. The molecule has 8 nitrogen and oxygen atoms in total. The highest BCUT2D eigenvalue weighted by Gasteiger charge is 2.54. The van der Waals surface area contributed by atoms with E-state index in [1.54, 1.807) is 18.2 Å². The minimum atomic E-state index is -1.74. The molecule has 1 heterocycles. The third-order valence-electron chi connectivity index (χ3n) is 8.80. The fourth-order valence-electron chi connectivity index (χ4n) is 6.68. The summed E-state index contributed by atoms with van der Waals surface area (Å²) in [7, 11) is -1.74. The van der Waals surface area contributed by atoms with Gasteiger partial charge in [0.05, 0.1) is 30.2 Å². The molecule has 0 radical (unpaired) electrons. The second kappa shape index (κ2) is 12.2. The second-order valence-electron chi connectivity index (χ2n) is 11.3. The molecule has 2 aliphatic rings. The number of nitrogens with zero attached hydrogens (tertiary/aromatic N) is 1. The first-order chi connectivity index (χ1) is 20.2. The van der Waals surface area contributed by atoms with Crippen LogP contribution in [0, 0.1) is 17.8 Å². The Kier molecular flexibility index (Phi) is 8.66. The molecule has 3 aromatic carbocycles. The molecule has 9 heteroatoms. The Hall–Kier alpha value is -3.76. The number of allylic oxidation sites excluding steroid dienone is 2. The van der Waals surface area contributed by atoms with Crippen LogP contribution in [0.5, 0.6) is 5.75 Å². The van der Waals surface area contributed by atoms with Crippen LogP contribution in [0.4, 0.5) is 5.69 Å². The summed E-state index contributed by atoms with van der Waals surface area (Å²) in [6.45, 7) is 3.51. The molecule has 5 N–H and O–H groups in total. The molecule has 42 heavy (non-hydrogen) atoms. The molecule has 0 unspecified atom stereocenters. The van der Waals surface area contributed by atoms with Gasteiger partial charge in [-0.05, 0) is 72.8 Å². The Balaban J connectivity index is 1.37. The summed E-state index contributed by atoms with van der Waals surface area (Å²) in [6, 6.07) is 17.2. The number of amides is 2. The molecule has 0 saturated carbocycles. The minimum Gasteiger partial charge on any atom is -0.507 e. The average molecular weight is 569 g/mol. The Morgan fingerprint density at radius 1 is 1.05 bits per heavy atom. The third-order valence-corrected chi connectivity index (χ3v) is 8.80. The zero-order chi connectivity index (χ0) is 30.1. The van der Waals surface area contributed by atoms with Gasteiger partial charge in [-0.3, -0.25) is 14.5 Å². The molecule has 218 valence electrons. The van der Waals surface area contributed by atoms with E-state index in [1.165, 1.54) is 12.1 Å². The number of rotatable bonds is 9. The predicted octanol–water partition coefficient (Wildman–Crippen LogP) is 3.29. The number of fused-ring (bicyclic) bond motifs is 2. The van der Waals surface area contributed by atoms with Crippen LogP contribution in [0.3, 0.4) is 0 Å². The lowest BCUT2D eigenvalue weighted by Gasteiger charge is -2.35. The number of carbonyl (C=O) groups is 2. The van der Waals surface area contributed by atoms with Crippen molar-refractivity contribution >= 4 is 46.9 Å². The summed E-state index contributed by atoms with van der Waals surface area (Å²) in [5.74, 6) is -2.81. The number of phenols is 1. The molecule has 0 bridgehead atoms. The fraction of sp³-hybridized carbons (Fsp3) is 0.333. The van der Waals surface area contributed by atoms with Gasteiger partial charge >= 0.3 is 7.12 Å². The van der Waals surface area contributed by atoms with Gasteiger partial charge < -0.3 is 25.4 Å². The Morgan fingerprint density at radius 3 is 2.48 bits per heavy atom. The summed E-state index contributed by atoms with van der Waals surface area (Å²) in [4.78, 5) is 28.2. The van der Waals surface area contributed by atoms with Crippen LogP contribution < -0.4 is 10.4 Å². The van der Waals surface area contributed by atoms with Crippen molar-refractivity contribution in [2.24, 2.45) is 17.8 Å². The highest BCUT2D eigenvalue weighted by molar-refractivity contribution is 6.58. The van der Waals surface area contributed by atoms with Crippen molar-refractivity contribution in [3.63, 3.8) is 0 Å². The van der Waals surface area contributed by atoms with E-state index in [0.29, 0.717) is 24.8 Å². The molecule has 3 aromatic rings. The predicted molar refractivity (Wildman–Crippen MR) is 163 cm³/mol. The Bertz CT molecular complexity index is 1580. The van der Waals surface area contributed by atoms with Crippen molar-refractivity contribution in [1.29, 1.82) is 0 Å². The number of phenolic OH excluding ortho intramolecular Hbond substituents is 1. The number of hydrogen-bond acceptors (Lipinski definition) is 7. The largest absolute Gasteiger partial charge is 0.507 e. The molecule has 1 saturated heterocycles. The maximum absolute atomic E-state index is 13.7. The summed E-state index contributed by atoms with van der Waals surface area (Å²) >= 11 is 0. The molecule has 1 fully saturated rings. The van der Waals surface area contributed by atoms with Crippen molar-refractivity contribution in [2.75, 3.05) is 11.5 Å². The van der Waals surface area contributed by atoms with E-state index < -0.39 is 42.8 Å². The Labute approximate surface area is 245 Å². The van der Waals surface area contributed by atoms with Crippen LogP contribution in [0.2, 0.25) is 0 Å². The first-order valence-corrected chi connectivity index (χ1v) is 14.4. The van der Waals surface area contributed by atoms with Gasteiger partial charge in [-0.15, -0.1) is 0 Å². The average Bonchev–Trinajstić information content (AvgIpc) is 3.24. The highest BCUT2D eigenvalue weighted by Crippen LogP contribution is 2.47. The quantitative estimate of drug-likeness (QED) is 0.152. The number of aliphatic hydroxyl groups is 2. The van der Waals surface area contributed by atoms with Crippen LogP contribution in [-0.4, -0.2) is 57.0 Å².